The number of rotatable bonds is 4. The number of amides is 1. The highest BCUT2D eigenvalue weighted by Gasteiger charge is 2.10. The molecular weight excluding hydrogens is 254 g/mol. The Kier molecular flexibility index (Phi) is 3.89. The first-order chi connectivity index (χ1) is 9.47. The van der Waals surface area contributed by atoms with Crippen LogP contribution in [0.25, 0.3) is 0 Å². The number of anilines is 2. The fourth-order valence-electron chi connectivity index (χ4n) is 1.79. The predicted molar refractivity (Wildman–Crippen MR) is 79.5 cm³/mol. The molecule has 2 aromatic rings. The fraction of sp³-hybridized carbons (Fsp3) is 0.200. The van der Waals surface area contributed by atoms with E-state index in [0.717, 1.165) is 5.69 Å². The second-order valence-corrected chi connectivity index (χ2v) is 4.74. The third-order valence-corrected chi connectivity index (χ3v) is 2.93. The number of aromatic amines is 1. The quantitative estimate of drug-likeness (QED) is 0.840. The van der Waals surface area contributed by atoms with Crippen LogP contribution in [0.2, 0.25) is 0 Å². The molecule has 0 aliphatic heterocycles. The van der Waals surface area contributed by atoms with Gasteiger partial charge < -0.3 is 15.2 Å². The van der Waals surface area contributed by atoms with Gasteiger partial charge in [-0.25, -0.2) is 0 Å². The molecule has 0 aliphatic carbocycles. The van der Waals surface area contributed by atoms with Crippen LogP contribution in [0.5, 0.6) is 0 Å². The highest BCUT2D eigenvalue weighted by atomic mass is 16.2. The minimum Gasteiger partial charge on any atom is -0.378 e. The molecule has 0 spiro atoms. The second kappa shape index (κ2) is 5.61. The van der Waals surface area contributed by atoms with E-state index < -0.39 is 0 Å². The summed E-state index contributed by atoms with van der Waals surface area (Å²) in [6, 6.07) is 10.7. The number of hydrogen-bond donors (Lipinski definition) is 2. The first-order valence-electron chi connectivity index (χ1n) is 6.26. The lowest BCUT2D eigenvalue weighted by atomic mass is 10.2. The van der Waals surface area contributed by atoms with Gasteiger partial charge >= 0.3 is 0 Å². The molecule has 1 aromatic carbocycles. The summed E-state index contributed by atoms with van der Waals surface area (Å²) in [4.78, 5) is 28.0. The van der Waals surface area contributed by atoms with Crippen LogP contribution < -0.4 is 10.2 Å². The summed E-state index contributed by atoms with van der Waals surface area (Å²) in [5.41, 5.74) is 2.50. The zero-order valence-corrected chi connectivity index (χ0v) is 11.7. The van der Waals surface area contributed by atoms with E-state index in [4.69, 9.17) is 0 Å². The van der Waals surface area contributed by atoms with Crippen LogP contribution in [-0.4, -0.2) is 30.8 Å². The van der Waals surface area contributed by atoms with E-state index in [1.54, 1.807) is 12.1 Å². The number of carbonyl (C=O) groups is 2. The van der Waals surface area contributed by atoms with E-state index in [0.29, 0.717) is 17.1 Å². The smallest absolute Gasteiger partial charge is 0.272 e. The molecule has 1 heterocycles. The van der Waals surface area contributed by atoms with Crippen LogP contribution in [0.3, 0.4) is 0 Å². The molecule has 0 saturated heterocycles. The van der Waals surface area contributed by atoms with Crippen molar-refractivity contribution < 1.29 is 9.59 Å². The Hall–Kier alpha value is -2.56. The normalized spacial score (nSPS) is 10.2. The molecule has 0 unspecified atom stereocenters. The van der Waals surface area contributed by atoms with Crippen molar-refractivity contribution >= 4 is 23.1 Å². The Morgan fingerprint density at radius 3 is 2.40 bits per heavy atom. The summed E-state index contributed by atoms with van der Waals surface area (Å²) in [5.74, 6) is -0.368. The number of carbonyl (C=O) groups excluding carboxylic acids is 2. The number of H-pyrrole nitrogens is 1. The van der Waals surface area contributed by atoms with E-state index in [9.17, 15) is 9.59 Å². The van der Waals surface area contributed by atoms with Crippen LogP contribution in [0.1, 0.15) is 27.9 Å². The van der Waals surface area contributed by atoms with Crippen molar-refractivity contribution in [2.45, 2.75) is 6.92 Å². The average Bonchev–Trinajstić information content (AvgIpc) is 2.88. The predicted octanol–water partition coefficient (Wildman–Crippen LogP) is 2.54. The molecule has 1 amide bonds. The molecule has 0 fully saturated rings. The molecule has 0 aliphatic rings. The molecule has 104 valence electrons. The van der Waals surface area contributed by atoms with Crippen LogP contribution >= 0.6 is 0 Å². The van der Waals surface area contributed by atoms with Gasteiger partial charge in [0.1, 0.15) is 5.69 Å². The molecule has 0 bridgehead atoms. The molecule has 5 nitrogen and oxygen atoms in total. The van der Waals surface area contributed by atoms with Crippen molar-refractivity contribution in [1.29, 1.82) is 0 Å². The number of benzene rings is 1. The first-order valence-corrected chi connectivity index (χ1v) is 6.26. The minimum atomic E-state index is -0.270. The molecule has 20 heavy (non-hydrogen) atoms. The highest BCUT2D eigenvalue weighted by molar-refractivity contribution is 6.04. The second-order valence-electron chi connectivity index (χ2n) is 4.74. The average molecular weight is 271 g/mol. The zero-order valence-electron chi connectivity index (χ0n) is 11.7. The lowest BCUT2D eigenvalue weighted by molar-refractivity contribution is 0.101. The Balaban J connectivity index is 2.14. The van der Waals surface area contributed by atoms with Crippen molar-refractivity contribution in [2.75, 3.05) is 24.3 Å². The van der Waals surface area contributed by atoms with Gasteiger partial charge in [0.2, 0.25) is 0 Å². The molecular formula is C15H17N3O2. The third kappa shape index (κ3) is 3.06. The maximum atomic E-state index is 12.1. The van der Waals surface area contributed by atoms with Gasteiger partial charge in [-0.3, -0.25) is 9.59 Å². The molecule has 0 atom stereocenters. The van der Waals surface area contributed by atoms with E-state index in [1.165, 1.54) is 6.92 Å². The fourth-order valence-corrected chi connectivity index (χ4v) is 1.79. The van der Waals surface area contributed by atoms with Crippen LogP contribution in [0.15, 0.2) is 36.4 Å². The number of nitrogens with zero attached hydrogens (tertiary/aromatic N) is 1. The largest absolute Gasteiger partial charge is 0.378 e. The standard InChI is InChI=1S/C15H17N3O2/c1-10(19)13-7-8-14(17-13)15(20)16-11-5-4-6-12(9-11)18(2)3/h4-9,17H,1-3H3,(H,16,20). The zero-order chi connectivity index (χ0) is 14.7. The SMILES string of the molecule is CC(=O)c1ccc(C(=O)Nc2cccc(N(C)C)c2)[nH]1. The van der Waals surface area contributed by atoms with Gasteiger partial charge in [-0.15, -0.1) is 0 Å². The summed E-state index contributed by atoms with van der Waals surface area (Å²) in [6.45, 7) is 1.45. The van der Waals surface area contributed by atoms with Crippen LogP contribution in [0, 0.1) is 0 Å². The Morgan fingerprint density at radius 1 is 1.10 bits per heavy atom. The number of ketones is 1. The maximum absolute atomic E-state index is 12.1. The Morgan fingerprint density at radius 2 is 1.80 bits per heavy atom. The first kappa shape index (κ1) is 13.9. The Labute approximate surface area is 117 Å². The molecule has 0 radical (unpaired) electrons. The van der Waals surface area contributed by atoms with Crippen molar-refractivity contribution in [3.8, 4) is 0 Å². The lowest BCUT2D eigenvalue weighted by Gasteiger charge is -2.13. The summed E-state index contributed by atoms with van der Waals surface area (Å²) in [6.07, 6.45) is 0. The maximum Gasteiger partial charge on any atom is 0.272 e. The molecule has 2 N–H and O–H groups in total. The minimum absolute atomic E-state index is 0.0985. The van der Waals surface area contributed by atoms with Gasteiger partial charge in [0.15, 0.2) is 5.78 Å². The van der Waals surface area contributed by atoms with Gasteiger partial charge in [-0.2, -0.15) is 0 Å². The summed E-state index contributed by atoms with van der Waals surface area (Å²) >= 11 is 0. The van der Waals surface area contributed by atoms with Crippen molar-refractivity contribution in [2.24, 2.45) is 0 Å². The molecule has 0 saturated carbocycles. The van der Waals surface area contributed by atoms with Crippen molar-refractivity contribution in [3.05, 3.63) is 47.8 Å². The number of nitrogens with one attached hydrogen (secondary N) is 2. The summed E-state index contributed by atoms with van der Waals surface area (Å²) in [7, 11) is 3.87. The molecule has 2 rings (SSSR count). The monoisotopic (exact) mass is 271 g/mol. The molecule has 5 heteroatoms. The van der Waals surface area contributed by atoms with Crippen molar-refractivity contribution in [3.63, 3.8) is 0 Å². The third-order valence-electron chi connectivity index (χ3n) is 2.93. The van der Waals surface area contributed by atoms with E-state index >= 15 is 0 Å². The lowest BCUT2D eigenvalue weighted by Crippen LogP contribution is -2.14. The van der Waals surface area contributed by atoms with Crippen LogP contribution in [0.4, 0.5) is 11.4 Å². The van der Waals surface area contributed by atoms with E-state index in [1.807, 2.05) is 43.3 Å². The van der Waals surface area contributed by atoms with Crippen LogP contribution in [-0.2, 0) is 0 Å². The number of hydrogen-bond acceptors (Lipinski definition) is 3. The van der Waals surface area contributed by atoms with E-state index in [2.05, 4.69) is 10.3 Å². The van der Waals surface area contributed by atoms with Gasteiger partial charge in [0, 0.05) is 32.4 Å². The highest BCUT2D eigenvalue weighted by Crippen LogP contribution is 2.18. The molecule has 1 aromatic heterocycles. The Bertz CT molecular complexity index is 644. The summed E-state index contributed by atoms with van der Waals surface area (Å²) in [5, 5.41) is 2.80. The van der Waals surface area contributed by atoms with Crippen molar-refractivity contribution in [1.82, 2.24) is 4.98 Å². The topological polar surface area (TPSA) is 65.2 Å². The van der Waals surface area contributed by atoms with Gasteiger partial charge in [-0.1, -0.05) is 6.07 Å². The van der Waals surface area contributed by atoms with Gasteiger partial charge in [0.25, 0.3) is 5.91 Å². The number of aromatic nitrogens is 1. The number of Topliss-reactive ketones (excluding diaryl/α,β-unsaturated/α-hetero) is 1. The van der Waals surface area contributed by atoms with Gasteiger partial charge in [-0.05, 0) is 30.3 Å². The van der Waals surface area contributed by atoms with Gasteiger partial charge in [0.05, 0.1) is 5.69 Å². The summed E-state index contributed by atoms with van der Waals surface area (Å²) < 4.78 is 0. The van der Waals surface area contributed by atoms with E-state index in [-0.39, 0.29) is 11.7 Å².